The highest BCUT2D eigenvalue weighted by Crippen LogP contribution is 2.38. The molecule has 3 aromatic carbocycles. The molecule has 2 aliphatic heterocycles. The lowest BCUT2D eigenvalue weighted by Gasteiger charge is -2.43. The lowest BCUT2D eigenvalue weighted by Crippen LogP contribution is -2.66. The van der Waals surface area contributed by atoms with Gasteiger partial charge in [0.2, 0.25) is 0 Å². The molecule has 7 atom stereocenters. The molecule has 0 bridgehead atoms. The van der Waals surface area contributed by atoms with Gasteiger partial charge in [0.25, 0.3) is 8.32 Å². The summed E-state index contributed by atoms with van der Waals surface area (Å²) in [6.45, 7) is 9.06. The number of Topliss-reactive ketones (excluding diaryl/α,β-unsaturated/α-hetero) is 1. The third-order valence-electron chi connectivity index (χ3n) is 10.8. The summed E-state index contributed by atoms with van der Waals surface area (Å²) in [6, 6.07) is 29.2. The number of carbonyl (C=O) groups excluding carboxylic acids is 1. The van der Waals surface area contributed by atoms with E-state index in [0.29, 0.717) is 13.0 Å². The van der Waals surface area contributed by atoms with Crippen molar-refractivity contribution in [2.45, 2.75) is 112 Å². The number of allylic oxidation sites excluding steroid dienone is 1. The fourth-order valence-corrected chi connectivity index (χ4v) is 14.3. The van der Waals surface area contributed by atoms with E-state index in [2.05, 4.69) is 75.4 Å². The predicted molar refractivity (Wildman–Crippen MR) is 217 cm³/mol. The minimum atomic E-state index is -4.16. The molecule has 0 saturated carbocycles. The molecule has 0 aliphatic carbocycles. The quantitative estimate of drug-likeness (QED) is 0.0872. The van der Waals surface area contributed by atoms with Gasteiger partial charge in [0.1, 0.15) is 5.25 Å². The van der Waals surface area contributed by atoms with Crippen LogP contribution < -0.4 is 10.4 Å². The highest BCUT2D eigenvalue weighted by atomic mass is 32.2. The Hall–Kier alpha value is -3.26. The number of rotatable bonds is 18. The molecule has 5 rings (SSSR count). The molecule has 55 heavy (non-hydrogen) atoms. The van der Waals surface area contributed by atoms with Crippen LogP contribution in [0.2, 0.25) is 5.04 Å². The molecule has 2 heterocycles. The van der Waals surface area contributed by atoms with Crippen molar-refractivity contribution in [3.8, 4) is 0 Å². The first-order valence-corrected chi connectivity index (χ1v) is 22.7. The van der Waals surface area contributed by atoms with E-state index in [4.69, 9.17) is 23.4 Å². The number of unbranched alkanes of at least 4 members (excludes halogenated alkanes) is 1. The van der Waals surface area contributed by atoms with Crippen LogP contribution in [0.3, 0.4) is 0 Å². The van der Waals surface area contributed by atoms with Crippen LogP contribution in [-0.4, -0.2) is 84.1 Å². The maximum Gasteiger partial charge on any atom is 0.261 e. The predicted octanol–water partition coefficient (Wildman–Crippen LogP) is 6.54. The van der Waals surface area contributed by atoms with E-state index in [-0.39, 0.29) is 29.2 Å². The Morgan fingerprint density at radius 1 is 0.982 bits per heavy atom. The third-order valence-corrected chi connectivity index (χ3v) is 17.9. The Morgan fingerprint density at radius 2 is 1.58 bits per heavy atom. The van der Waals surface area contributed by atoms with Crippen LogP contribution in [0, 0.1) is 5.92 Å². The van der Waals surface area contributed by atoms with Crippen molar-refractivity contribution in [1.82, 2.24) is 0 Å². The number of ketones is 1. The highest BCUT2D eigenvalue weighted by molar-refractivity contribution is 7.92. The molecule has 9 nitrogen and oxygen atoms in total. The summed E-state index contributed by atoms with van der Waals surface area (Å²) in [5.74, 6) is -2.71. The zero-order valence-corrected chi connectivity index (χ0v) is 34.8. The molecule has 11 heteroatoms. The zero-order valence-electron chi connectivity index (χ0n) is 33.0. The Bertz CT molecular complexity index is 1790. The van der Waals surface area contributed by atoms with Crippen molar-refractivity contribution in [3.05, 3.63) is 115 Å². The van der Waals surface area contributed by atoms with E-state index in [9.17, 15) is 18.3 Å². The summed E-state index contributed by atoms with van der Waals surface area (Å²) in [6.07, 6.45) is 7.52. The van der Waals surface area contributed by atoms with Gasteiger partial charge in [0.05, 0.1) is 23.2 Å². The van der Waals surface area contributed by atoms with E-state index >= 15 is 0 Å². The summed E-state index contributed by atoms with van der Waals surface area (Å²) in [5, 5.41) is 11.4. The summed E-state index contributed by atoms with van der Waals surface area (Å²) in [7, 11) is -3.84. The second kappa shape index (κ2) is 18.8. The smallest absolute Gasteiger partial charge is 0.261 e. The molecule has 0 radical (unpaired) electrons. The molecule has 298 valence electrons. The second-order valence-electron chi connectivity index (χ2n) is 15.6. The van der Waals surface area contributed by atoms with Gasteiger partial charge in [-0.3, -0.25) is 4.79 Å². The number of aliphatic hydroxyl groups excluding tert-OH is 1. The van der Waals surface area contributed by atoms with Crippen LogP contribution in [0.25, 0.3) is 0 Å². The van der Waals surface area contributed by atoms with Gasteiger partial charge in [-0.05, 0) is 59.3 Å². The largest absolute Gasteiger partial charge is 0.407 e. The fourth-order valence-electron chi connectivity index (χ4n) is 7.83. The molecular weight excluding hydrogens is 733 g/mol. The lowest BCUT2D eigenvalue weighted by molar-refractivity contribution is -0.213. The third kappa shape index (κ3) is 10.0. The maximum atomic E-state index is 14.2. The zero-order chi connectivity index (χ0) is 39.7. The van der Waals surface area contributed by atoms with Crippen molar-refractivity contribution < 1.29 is 41.7 Å². The first kappa shape index (κ1) is 42.9. The highest BCUT2D eigenvalue weighted by Gasteiger charge is 2.50. The Kier molecular flexibility index (Phi) is 14.6. The number of carbonyl (C=O) groups is 1. The minimum absolute atomic E-state index is 0.0416. The standard InChI is InChI=1S/C44H58O9SSi/c1-33(30-39-38(45)31-41(49-5)52-39)42(46)40(54(47,48)35-22-12-7-13-23-35)32-44(50-6)28-19-21-34(53-44)20-11-10-18-29-51-55(43(2,3)4,36-24-14-8-15-25-36)37-26-16-9-17-27-37/h7-9,11-17,19-20,22-28,33-34,38-41,45H,10,18,21,29-32H2,1-6H3/b20-11+/t33-,34+,38-,39-,40?,41+,44+/m0/s1. The average Bonchev–Trinajstić information content (AvgIpc) is 3.55. The molecule has 0 spiro atoms. The van der Waals surface area contributed by atoms with Gasteiger partial charge < -0.3 is 28.5 Å². The molecule has 1 fully saturated rings. The number of hydrogen-bond donors (Lipinski definition) is 1. The van der Waals surface area contributed by atoms with Gasteiger partial charge in [-0.1, -0.05) is 125 Å². The number of hydrogen-bond acceptors (Lipinski definition) is 9. The maximum absolute atomic E-state index is 14.2. The van der Waals surface area contributed by atoms with Crippen LogP contribution in [0.1, 0.15) is 66.2 Å². The van der Waals surface area contributed by atoms with Crippen molar-refractivity contribution in [2.75, 3.05) is 20.8 Å². The molecule has 0 amide bonds. The van der Waals surface area contributed by atoms with E-state index in [1.54, 1.807) is 31.2 Å². The van der Waals surface area contributed by atoms with Crippen LogP contribution in [0.4, 0.5) is 0 Å². The molecule has 2 aliphatic rings. The topological polar surface area (TPSA) is 118 Å². The van der Waals surface area contributed by atoms with E-state index in [1.807, 2.05) is 24.3 Å². The Labute approximate surface area is 328 Å². The second-order valence-corrected chi connectivity index (χ2v) is 22.1. The van der Waals surface area contributed by atoms with Crippen molar-refractivity contribution in [3.63, 3.8) is 0 Å². The molecular formula is C44H58O9SSi. The summed E-state index contributed by atoms with van der Waals surface area (Å²) >= 11 is 0. The number of methoxy groups -OCH3 is 2. The SMILES string of the molecule is CO[C@H]1C[C@H](O)[C@H](C[C@H](C)C(=O)C(C[C@@]2(OC)C=CC[C@@H](/C=C/CCCO[Si](c3ccccc3)(c3ccccc3)C(C)(C)C)O2)S(=O)(=O)c2ccccc2)O1. The molecule has 1 N–H and O–H groups in total. The van der Waals surface area contributed by atoms with E-state index < -0.39 is 65.5 Å². The van der Waals surface area contributed by atoms with Gasteiger partial charge in [0, 0.05) is 39.6 Å². The number of benzene rings is 3. The van der Waals surface area contributed by atoms with Crippen molar-refractivity contribution in [1.29, 1.82) is 0 Å². The lowest BCUT2D eigenvalue weighted by atomic mass is 9.91. The number of sulfone groups is 1. The van der Waals surface area contributed by atoms with Crippen molar-refractivity contribution >= 4 is 34.3 Å². The average molecular weight is 791 g/mol. The molecule has 0 aromatic heterocycles. The summed E-state index contributed by atoms with van der Waals surface area (Å²) in [5.41, 5.74) is 0. The van der Waals surface area contributed by atoms with E-state index in [1.165, 1.54) is 36.7 Å². The van der Waals surface area contributed by atoms with Crippen LogP contribution in [0.15, 0.2) is 120 Å². The van der Waals surface area contributed by atoms with Gasteiger partial charge >= 0.3 is 0 Å². The van der Waals surface area contributed by atoms with Gasteiger partial charge in [0.15, 0.2) is 27.7 Å². The van der Waals surface area contributed by atoms with E-state index in [0.717, 1.165) is 12.8 Å². The first-order valence-electron chi connectivity index (χ1n) is 19.3. The summed E-state index contributed by atoms with van der Waals surface area (Å²) < 4.78 is 58.9. The minimum Gasteiger partial charge on any atom is -0.407 e. The molecule has 1 saturated heterocycles. The Morgan fingerprint density at radius 3 is 2.13 bits per heavy atom. The molecule has 1 unspecified atom stereocenters. The van der Waals surface area contributed by atoms with Crippen LogP contribution in [0.5, 0.6) is 0 Å². The molecule has 3 aromatic rings. The number of aliphatic hydroxyl groups is 1. The van der Waals surface area contributed by atoms with Crippen molar-refractivity contribution in [2.24, 2.45) is 5.92 Å². The number of ether oxygens (including phenoxy) is 4. The van der Waals surface area contributed by atoms with Crippen LogP contribution >= 0.6 is 0 Å². The summed E-state index contributed by atoms with van der Waals surface area (Å²) in [4.78, 5) is 14.2. The first-order chi connectivity index (χ1) is 26.3. The van der Waals surface area contributed by atoms with Gasteiger partial charge in [-0.25, -0.2) is 8.42 Å². The normalized spacial score (nSPS) is 24.6. The van der Waals surface area contributed by atoms with Gasteiger partial charge in [-0.2, -0.15) is 0 Å². The monoisotopic (exact) mass is 790 g/mol. The van der Waals surface area contributed by atoms with Gasteiger partial charge in [-0.15, -0.1) is 0 Å². The Balaban J connectivity index is 1.28. The fraction of sp³-hybridized carbons (Fsp3) is 0.477. The van der Waals surface area contributed by atoms with Crippen LogP contribution in [-0.2, 0) is 38.0 Å².